The molecule has 0 atom stereocenters. The van der Waals surface area contributed by atoms with Gasteiger partial charge >= 0.3 is 0 Å². The van der Waals surface area contributed by atoms with E-state index in [0.717, 1.165) is 17.4 Å². The van der Waals surface area contributed by atoms with Crippen molar-refractivity contribution < 1.29 is 4.74 Å². The van der Waals surface area contributed by atoms with Crippen LogP contribution >= 0.6 is 0 Å². The second kappa shape index (κ2) is 10.1. The summed E-state index contributed by atoms with van der Waals surface area (Å²) < 4.78 is 5.78. The van der Waals surface area contributed by atoms with Crippen molar-refractivity contribution in [3.05, 3.63) is 95.8 Å². The SMILES string of the molecule is CN(C)C(=NCc1ccccc1)NCc1ccc(OCc2ccccn2)cc1. The minimum Gasteiger partial charge on any atom is -0.487 e. The van der Waals surface area contributed by atoms with E-state index in [-0.39, 0.29) is 0 Å². The third kappa shape index (κ3) is 6.13. The van der Waals surface area contributed by atoms with Gasteiger partial charge in [-0.25, -0.2) is 4.99 Å². The Hall–Kier alpha value is -3.34. The van der Waals surface area contributed by atoms with E-state index in [1.54, 1.807) is 6.20 Å². The lowest BCUT2D eigenvalue weighted by Crippen LogP contribution is -2.36. The van der Waals surface area contributed by atoms with Gasteiger partial charge in [0.05, 0.1) is 12.2 Å². The van der Waals surface area contributed by atoms with E-state index in [1.165, 1.54) is 11.1 Å². The van der Waals surface area contributed by atoms with E-state index in [1.807, 2.05) is 67.5 Å². The molecule has 2 aromatic carbocycles. The number of ether oxygens (including phenoxy) is 1. The molecule has 28 heavy (non-hydrogen) atoms. The molecule has 0 aliphatic carbocycles. The first kappa shape index (κ1) is 19.4. The van der Waals surface area contributed by atoms with Gasteiger partial charge in [-0.05, 0) is 35.4 Å². The van der Waals surface area contributed by atoms with Crippen LogP contribution in [0.5, 0.6) is 5.75 Å². The van der Waals surface area contributed by atoms with Gasteiger partial charge in [-0.3, -0.25) is 4.98 Å². The molecule has 5 nitrogen and oxygen atoms in total. The van der Waals surface area contributed by atoms with Crippen molar-refractivity contribution in [3.63, 3.8) is 0 Å². The first-order valence-electron chi connectivity index (χ1n) is 9.32. The Morgan fingerprint density at radius 2 is 1.68 bits per heavy atom. The van der Waals surface area contributed by atoms with Gasteiger partial charge in [-0.1, -0.05) is 48.5 Å². The van der Waals surface area contributed by atoms with Gasteiger partial charge in [0.25, 0.3) is 0 Å². The van der Waals surface area contributed by atoms with Crippen LogP contribution in [-0.2, 0) is 19.7 Å². The molecular weight excluding hydrogens is 348 g/mol. The summed E-state index contributed by atoms with van der Waals surface area (Å²) in [6.45, 7) is 1.82. The zero-order valence-corrected chi connectivity index (χ0v) is 16.4. The van der Waals surface area contributed by atoms with Crippen molar-refractivity contribution in [2.45, 2.75) is 19.7 Å². The lowest BCUT2D eigenvalue weighted by atomic mass is 10.2. The van der Waals surface area contributed by atoms with Crippen LogP contribution in [-0.4, -0.2) is 29.9 Å². The Labute approximate surface area is 166 Å². The summed E-state index contributed by atoms with van der Waals surface area (Å²) in [5.41, 5.74) is 3.27. The average Bonchev–Trinajstić information content (AvgIpc) is 2.74. The fraction of sp³-hybridized carbons (Fsp3) is 0.217. The van der Waals surface area contributed by atoms with Crippen LogP contribution in [0.4, 0.5) is 0 Å². The van der Waals surface area contributed by atoms with Gasteiger partial charge in [0.1, 0.15) is 12.4 Å². The maximum atomic E-state index is 5.78. The van der Waals surface area contributed by atoms with Crippen LogP contribution in [0, 0.1) is 0 Å². The summed E-state index contributed by atoms with van der Waals surface area (Å²) in [6, 6.07) is 24.1. The Morgan fingerprint density at radius 3 is 2.36 bits per heavy atom. The number of benzene rings is 2. The molecule has 1 aromatic heterocycles. The third-order valence-corrected chi connectivity index (χ3v) is 4.16. The van der Waals surface area contributed by atoms with Gasteiger partial charge in [0, 0.05) is 26.8 Å². The van der Waals surface area contributed by atoms with Crippen LogP contribution in [0.25, 0.3) is 0 Å². The zero-order valence-electron chi connectivity index (χ0n) is 16.4. The van der Waals surface area contributed by atoms with Crippen molar-refractivity contribution in [2.24, 2.45) is 4.99 Å². The minimum absolute atomic E-state index is 0.468. The van der Waals surface area contributed by atoms with Crippen molar-refractivity contribution >= 4 is 5.96 Å². The molecule has 5 heteroatoms. The monoisotopic (exact) mass is 374 g/mol. The summed E-state index contributed by atoms with van der Waals surface area (Å²) >= 11 is 0. The number of aromatic nitrogens is 1. The lowest BCUT2D eigenvalue weighted by molar-refractivity contribution is 0.301. The molecule has 0 amide bonds. The third-order valence-electron chi connectivity index (χ3n) is 4.16. The maximum Gasteiger partial charge on any atom is 0.194 e. The van der Waals surface area contributed by atoms with Crippen LogP contribution in [0.3, 0.4) is 0 Å². The van der Waals surface area contributed by atoms with Gasteiger partial charge in [0.15, 0.2) is 5.96 Å². The summed E-state index contributed by atoms with van der Waals surface area (Å²) in [6.07, 6.45) is 1.77. The number of aliphatic imine (C=N–C) groups is 1. The maximum absolute atomic E-state index is 5.78. The Morgan fingerprint density at radius 1 is 0.929 bits per heavy atom. The van der Waals surface area contributed by atoms with Crippen LogP contribution in [0.2, 0.25) is 0 Å². The largest absolute Gasteiger partial charge is 0.487 e. The highest BCUT2D eigenvalue weighted by atomic mass is 16.5. The summed E-state index contributed by atoms with van der Waals surface area (Å²) in [4.78, 5) is 10.9. The molecule has 0 unspecified atom stereocenters. The fourth-order valence-electron chi connectivity index (χ4n) is 2.63. The van der Waals surface area contributed by atoms with Crippen molar-refractivity contribution in [1.82, 2.24) is 15.2 Å². The van der Waals surface area contributed by atoms with Gasteiger partial charge in [-0.2, -0.15) is 0 Å². The lowest BCUT2D eigenvalue weighted by Gasteiger charge is -2.18. The number of rotatable bonds is 7. The predicted molar refractivity (Wildman–Crippen MR) is 113 cm³/mol. The second-order valence-corrected chi connectivity index (χ2v) is 6.63. The normalized spacial score (nSPS) is 11.1. The van der Waals surface area contributed by atoms with E-state index < -0.39 is 0 Å². The molecule has 0 aliphatic heterocycles. The molecule has 0 aliphatic rings. The van der Waals surface area contributed by atoms with E-state index in [2.05, 4.69) is 39.6 Å². The fourth-order valence-corrected chi connectivity index (χ4v) is 2.63. The first-order valence-corrected chi connectivity index (χ1v) is 9.32. The molecule has 0 bridgehead atoms. The molecule has 0 fully saturated rings. The van der Waals surface area contributed by atoms with E-state index >= 15 is 0 Å². The summed E-state index contributed by atoms with van der Waals surface area (Å²) in [5.74, 6) is 1.69. The molecule has 1 N–H and O–H groups in total. The minimum atomic E-state index is 0.468. The zero-order chi connectivity index (χ0) is 19.6. The van der Waals surface area contributed by atoms with Gasteiger partial charge in [0.2, 0.25) is 0 Å². The van der Waals surface area contributed by atoms with Crippen LogP contribution in [0.15, 0.2) is 84.0 Å². The number of guanidine groups is 1. The smallest absolute Gasteiger partial charge is 0.194 e. The molecular formula is C23H26N4O. The Balaban J connectivity index is 1.52. The summed E-state index contributed by atoms with van der Waals surface area (Å²) in [7, 11) is 3.98. The quantitative estimate of drug-likeness (QED) is 0.504. The van der Waals surface area contributed by atoms with Crippen molar-refractivity contribution in [1.29, 1.82) is 0 Å². The molecule has 1 heterocycles. The number of nitrogens with one attached hydrogen (secondary N) is 1. The first-order chi connectivity index (χ1) is 13.7. The van der Waals surface area contributed by atoms with Gasteiger partial charge < -0.3 is 15.0 Å². The molecule has 0 spiro atoms. The highest BCUT2D eigenvalue weighted by Gasteiger charge is 2.03. The van der Waals surface area contributed by atoms with Crippen molar-refractivity contribution in [3.8, 4) is 5.75 Å². The number of hydrogen-bond acceptors (Lipinski definition) is 3. The van der Waals surface area contributed by atoms with E-state index in [4.69, 9.17) is 4.74 Å². The molecule has 3 aromatic rings. The van der Waals surface area contributed by atoms with E-state index in [9.17, 15) is 0 Å². The molecule has 0 saturated heterocycles. The summed E-state index contributed by atoms with van der Waals surface area (Å²) in [5, 5.41) is 3.41. The van der Waals surface area contributed by atoms with E-state index in [0.29, 0.717) is 19.7 Å². The molecule has 3 rings (SSSR count). The standard InChI is InChI=1S/C23H26N4O/c1-27(2)23(25-16-19-8-4-3-5-9-19)26-17-20-11-13-22(14-12-20)28-18-21-10-6-7-15-24-21/h3-15H,16-18H2,1-2H3,(H,25,26). The number of pyridine rings is 1. The van der Waals surface area contributed by atoms with Crippen LogP contribution < -0.4 is 10.1 Å². The highest BCUT2D eigenvalue weighted by molar-refractivity contribution is 5.79. The Kier molecular flexibility index (Phi) is 7.01. The predicted octanol–water partition coefficient (Wildman–Crippen LogP) is 3.87. The topological polar surface area (TPSA) is 49.8 Å². The van der Waals surface area contributed by atoms with Crippen LogP contribution in [0.1, 0.15) is 16.8 Å². The average molecular weight is 374 g/mol. The molecule has 0 saturated carbocycles. The van der Waals surface area contributed by atoms with Gasteiger partial charge in [-0.15, -0.1) is 0 Å². The number of hydrogen-bond donors (Lipinski definition) is 1. The highest BCUT2D eigenvalue weighted by Crippen LogP contribution is 2.13. The second-order valence-electron chi connectivity index (χ2n) is 6.63. The molecule has 144 valence electrons. The van der Waals surface area contributed by atoms with Crippen molar-refractivity contribution in [2.75, 3.05) is 14.1 Å². The number of nitrogens with zero attached hydrogens (tertiary/aromatic N) is 3. The Bertz CT molecular complexity index is 862. The molecule has 0 radical (unpaired) electrons.